The zero-order chi connectivity index (χ0) is 65.2. The molecule has 0 aliphatic heterocycles. The molecule has 10 aromatic rings. The van der Waals surface area contributed by atoms with Gasteiger partial charge in [-0.2, -0.15) is 26.3 Å². The van der Waals surface area contributed by atoms with Gasteiger partial charge in [-0.1, -0.05) is 141 Å². The van der Waals surface area contributed by atoms with Crippen LogP contribution in [0.25, 0.3) is 44.1 Å². The predicted molar refractivity (Wildman–Crippen MR) is 346 cm³/mol. The number of carbonyl (C=O) groups excluding carboxylic acids is 5. The van der Waals surface area contributed by atoms with Crippen molar-refractivity contribution in [3.63, 3.8) is 0 Å². The Hall–Kier alpha value is -8.53. The number of aromatic nitrogens is 2. The Labute approximate surface area is 574 Å². The fourth-order valence-electron chi connectivity index (χ4n) is 10.3. The van der Waals surface area contributed by atoms with E-state index in [1.54, 1.807) is 84.9 Å². The van der Waals surface area contributed by atoms with Crippen LogP contribution in [0, 0.1) is 5.92 Å². The summed E-state index contributed by atoms with van der Waals surface area (Å²) in [6.45, 7) is 9.71. The van der Waals surface area contributed by atoms with Crippen LogP contribution < -0.4 is 73.1 Å². The number of pyridine rings is 2. The summed E-state index contributed by atoms with van der Waals surface area (Å²) < 4.78 is 77.6. The average molecular weight is 1280 g/mol. The normalized spacial score (nSPS) is 11.8. The fourth-order valence-corrected chi connectivity index (χ4v) is 10.3. The Morgan fingerprint density at radius 2 is 0.967 bits per heavy atom. The number of nitrogens with zero attached hydrogens (tertiary/aromatic N) is 3. The van der Waals surface area contributed by atoms with Crippen molar-refractivity contribution in [1.82, 2.24) is 20.2 Å². The standard InChI is InChI=1S/C36H33F3N4O2.C24H15F3N2O2.C13H19NO.K.H/c1-3-43(4-2)35(45)33(26-10-6-5-7-11-26)40-23-24-14-20-31-27(22-24)17-21-32(41-31)42-34(44)30-13-9-8-12-29(30)25-15-18-28(19-16-25)36(37,38)39;25-24(26,27)18-9-6-16(7-10-18)19-3-1-2-4-20(19)23(31)29-22-12-8-17-13-15(14-30)5-11-21(17)28-22;1-3-10(4-2)13(15)12(14)11-8-6-5-7-9-11;;/h5-22,33,40H,3-4,23H2,1-2H3,(H,41,42,44);1-14H,(H,28,29,31);5-10,12H,3-4,14H2,1-2H3;;/q;;;+1;-1/t33-;;12-;;/m0.0../s1. The first-order valence-corrected chi connectivity index (χ1v) is 29.6. The number of nitrogens with two attached hydrogens (primary N) is 1. The van der Waals surface area contributed by atoms with E-state index in [-0.39, 0.29) is 70.4 Å². The van der Waals surface area contributed by atoms with Crippen LogP contribution in [0.4, 0.5) is 38.0 Å². The minimum atomic E-state index is -4.44. The first-order valence-electron chi connectivity index (χ1n) is 29.6. The van der Waals surface area contributed by atoms with Crippen molar-refractivity contribution < 1.29 is 103 Å². The zero-order valence-electron chi connectivity index (χ0n) is 52.4. The molecule has 0 aliphatic rings. The Bertz CT molecular complexity index is 4140. The summed E-state index contributed by atoms with van der Waals surface area (Å²) in [4.78, 5) is 73.1. The Kier molecular flexibility index (Phi) is 25.6. The largest absolute Gasteiger partial charge is 1.00 e. The number of fused-ring (bicyclic) bond motifs is 2. The third-order valence-electron chi connectivity index (χ3n) is 15.3. The second kappa shape index (κ2) is 33.2. The van der Waals surface area contributed by atoms with E-state index >= 15 is 0 Å². The third-order valence-corrected chi connectivity index (χ3v) is 15.3. The van der Waals surface area contributed by atoms with E-state index in [1.807, 2.05) is 118 Å². The second-order valence-electron chi connectivity index (χ2n) is 21.2. The number of carbonyl (C=O) groups is 5. The molecular weight excluding hydrogens is 1210 g/mol. The Morgan fingerprint density at radius 3 is 1.41 bits per heavy atom. The van der Waals surface area contributed by atoms with Crippen LogP contribution >= 0.6 is 0 Å². The van der Waals surface area contributed by atoms with Gasteiger partial charge in [-0.05, 0) is 157 Å². The smallest absolute Gasteiger partial charge is 1.00 e. The molecule has 3 amide bonds. The number of Topliss-reactive ketones (excluding diaryl/α,β-unsaturated/α-hetero) is 1. The van der Waals surface area contributed by atoms with Gasteiger partial charge >= 0.3 is 63.7 Å². The topological polar surface area (TPSA) is 176 Å². The van der Waals surface area contributed by atoms with Crippen molar-refractivity contribution in [2.45, 2.75) is 71.5 Å². The SMILES string of the molecule is CCC(CC)C(=O)[C@@H](N)c1ccccc1.CCN(CC)C(=O)[C@@H](NCc1ccc2nc(NC(=O)c3ccccc3-c3ccc(C(F)(F)F)cc3)ccc2c1)c1ccccc1.O=Cc1ccc2nc(NC(=O)c3ccccc3-c3ccc(C(F)(F)F)cc3)ccc2c1.[H-].[K+]. The van der Waals surface area contributed by atoms with Gasteiger partial charge < -0.3 is 22.7 Å². The molecule has 0 unspecified atom stereocenters. The summed E-state index contributed by atoms with van der Waals surface area (Å²) in [5, 5.41) is 10.6. The number of amides is 3. The quantitative estimate of drug-likeness (QED) is 0.0349. The number of aldehydes is 1. The van der Waals surface area contributed by atoms with E-state index in [4.69, 9.17) is 5.73 Å². The Morgan fingerprint density at radius 1 is 0.533 bits per heavy atom. The molecule has 0 radical (unpaired) electrons. The number of likely N-dealkylation sites (N-methyl/N-ethyl adjacent to an activating group) is 1. The van der Waals surface area contributed by atoms with Crippen molar-refractivity contribution in [3.8, 4) is 22.3 Å². The van der Waals surface area contributed by atoms with Crippen molar-refractivity contribution in [2.24, 2.45) is 11.7 Å². The van der Waals surface area contributed by atoms with Crippen LogP contribution in [0.3, 0.4) is 0 Å². The first-order chi connectivity index (χ1) is 43.7. The summed E-state index contributed by atoms with van der Waals surface area (Å²) in [5.74, 6) is 0.0725. The van der Waals surface area contributed by atoms with Gasteiger partial charge in [0.15, 0.2) is 5.78 Å². The molecule has 0 saturated carbocycles. The van der Waals surface area contributed by atoms with E-state index in [9.17, 15) is 50.3 Å². The number of halogens is 6. The zero-order valence-corrected chi connectivity index (χ0v) is 54.5. The van der Waals surface area contributed by atoms with E-state index in [0.717, 1.165) is 70.9 Å². The molecule has 10 rings (SSSR count). The van der Waals surface area contributed by atoms with E-state index < -0.39 is 47.4 Å². The summed E-state index contributed by atoms with van der Waals surface area (Å²) in [7, 11) is 0. The van der Waals surface area contributed by atoms with Crippen LogP contribution in [0.15, 0.2) is 218 Å². The van der Waals surface area contributed by atoms with Crippen molar-refractivity contribution >= 4 is 63.2 Å². The molecule has 468 valence electrons. The third kappa shape index (κ3) is 18.6. The van der Waals surface area contributed by atoms with Gasteiger partial charge in [-0.25, -0.2) is 9.97 Å². The summed E-state index contributed by atoms with van der Waals surface area (Å²) in [5.41, 5.74) is 11.6. The van der Waals surface area contributed by atoms with Crippen molar-refractivity contribution in [3.05, 3.63) is 263 Å². The van der Waals surface area contributed by atoms with Crippen LogP contribution in [0.1, 0.15) is 113 Å². The van der Waals surface area contributed by atoms with E-state index in [0.29, 0.717) is 81.2 Å². The molecule has 0 bridgehead atoms. The number of hydrogen-bond acceptors (Lipinski definition) is 9. The van der Waals surface area contributed by atoms with Crippen LogP contribution in [-0.2, 0) is 28.5 Å². The van der Waals surface area contributed by atoms with Gasteiger partial charge in [0, 0.05) is 53.0 Å². The van der Waals surface area contributed by atoms with Gasteiger partial charge in [0.25, 0.3) is 11.8 Å². The van der Waals surface area contributed by atoms with Crippen LogP contribution in [0.5, 0.6) is 0 Å². The van der Waals surface area contributed by atoms with Gasteiger partial charge in [0.05, 0.1) is 28.2 Å². The van der Waals surface area contributed by atoms with E-state index in [2.05, 4.69) is 25.9 Å². The second-order valence-corrected chi connectivity index (χ2v) is 21.2. The number of hydrogen-bond donors (Lipinski definition) is 4. The summed E-state index contributed by atoms with van der Waals surface area (Å²) in [6, 6.07) is 58.8. The minimum absolute atomic E-state index is 0. The van der Waals surface area contributed by atoms with E-state index in [1.165, 1.54) is 24.3 Å². The Balaban J connectivity index is 0.000000247. The van der Waals surface area contributed by atoms with Crippen LogP contribution in [0.2, 0.25) is 0 Å². The van der Waals surface area contributed by atoms with Gasteiger partial charge in [-0.15, -0.1) is 0 Å². The number of rotatable bonds is 19. The molecule has 19 heteroatoms. The molecular formula is C73H68F6KN7O5. The predicted octanol–water partition coefficient (Wildman–Crippen LogP) is 13.7. The average Bonchev–Trinajstić information content (AvgIpc) is 0.863. The maximum Gasteiger partial charge on any atom is 1.00 e. The molecule has 5 N–H and O–H groups in total. The van der Waals surface area contributed by atoms with Crippen LogP contribution in [-0.4, -0.2) is 57.7 Å². The monoisotopic (exact) mass is 1280 g/mol. The maximum absolute atomic E-state index is 13.3. The first kappa shape index (κ1) is 70.9. The minimum Gasteiger partial charge on any atom is -1.00 e. The molecule has 0 saturated heterocycles. The number of ketones is 1. The molecule has 0 fully saturated rings. The molecule has 8 aromatic carbocycles. The number of benzene rings is 8. The number of anilines is 2. The van der Waals surface area contributed by atoms with Gasteiger partial charge in [-0.3, -0.25) is 29.3 Å². The summed E-state index contributed by atoms with van der Waals surface area (Å²) in [6.07, 6.45) is -6.38. The molecule has 0 aliphatic carbocycles. The molecule has 2 atom stereocenters. The molecule has 92 heavy (non-hydrogen) atoms. The fraction of sp³-hybridized carbons (Fsp3) is 0.192. The van der Waals surface area contributed by atoms with Gasteiger partial charge in [0.2, 0.25) is 5.91 Å². The van der Waals surface area contributed by atoms with Gasteiger partial charge in [0.1, 0.15) is 24.0 Å². The molecule has 0 spiro atoms. The molecule has 2 aromatic heterocycles. The summed E-state index contributed by atoms with van der Waals surface area (Å²) >= 11 is 0. The van der Waals surface area contributed by atoms with Crippen molar-refractivity contribution in [1.29, 1.82) is 0 Å². The van der Waals surface area contributed by atoms with Crippen molar-refractivity contribution in [2.75, 3.05) is 23.7 Å². The maximum atomic E-state index is 13.3. The number of nitrogens with one attached hydrogen (secondary N) is 3. The molecule has 2 heterocycles. The molecule has 12 nitrogen and oxygen atoms in total. The number of alkyl halides is 6.